The Morgan fingerprint density at radius 3 is 2.37 bits per heavy atom. The number of rotatable bonds is 3. The highest BCUT2D eigenvalue weighted by Gasteiger charge is 2.36. The molecular weight excluding hydrogens is 410 g/mol. The van der Waals surface area contributed by atoms with E-state index in [4.69, 9.17) is 4.65 Å². The van der Waals surface area contributed by atoms with Crippen LogP contribution in [0.15, 0.2) is 23.1 Å². The molecule has 3 N–H and O–H groups in total. The molecule has 0 aromatic heterocycles. The molecule has 7 nitrogen and oxygen atoms in total. The Labute approximate surface area is 173 Å². The topological polar surface area (TPSA) is 105 Å². The van der Waals surface area contributed by atoms with Crippen LogP contribution in [-0.2, 0) is 47.0 Å². The van der Waals surface area contributed by atoms with Crippen molar-refractivity contribution < 1.29 is 27.3 Å². The van der Waals surface area contributed by atoms with Gasteiger partial charge in [-0.25, -0.2) is 22.3 Å². The number of sulfonamides is 1. The first-order chi connectivity index (χ1) is 14.3. The van der Waals surface area contributed by atoms with Crippen molar-refractivity contribution in [3.05, 3.63) is 51.8 Å². The minimum absolute atomic E-state index is 0.0433. The molecule has 0 atom stereocenters. The summed E-state index contributed by atoms with van der Waals surface area (Å²) in [6.07, 6.45) is 5.58. The number of anilines is 1. The summed E-state index contributed by atoms with van der Waals surface area (Å²) in [4.78, 5) is 12.2. The minimum atomic E-state index is -4.43. The third-order valence-corrected chi connectivity index (χ3v) is 7.44. The van der Waals surface area contributed by atoms with Gasteiger partial charge in [-0.15, -0.1) is 0 Å². The van der Waals surface area contributed by atoms with E-state index in [1.165, 1.54) is 11.1 Å². The summed E-state index contributed by atoms with van der Waals surface area (Å²) >= 11 is 0. The van der Waals surface area contributed by atoms with Gasteiger partial charge in [0, 0.05) is 11.2 Å². The van der Waals surface area contributed by atoms with E-state index in [1.54, 1.807) is 0 Å². The smallest absolute Gasteiger partial charge is 0.423 e. The standard InChI is InChI=1S/C20H20BFN2O5S/c22-14-8-13-10-29-21(26)18(13)17(9-14)30(27,28)24-20(25)23-19-15-5-1-3-11(15)7-12-4-2-6-16(12)19/h7-9,26H,1-6,10H2,(H2,23,24,25). The Balaban J connectivity index is 1.45. The average molecular weight is 430 g/mol. The van der Waals surface area contributed by atoms with Gasteiger partial charge in [-0.1, -0.05) is 6.07 Å². The lowest BCUT2D eigenvalue weighted by Crippen LogP contribution is -2.40. The molecule has 1 heterocycles. The van der Waals surface area contributed by atoms with Crippen LogP contribution in [-0.4, -0.2) is 26.6 Å². The number of hydrogen-bond donors (Lipinski definition) is 3. The molecule has 0 fully saturated rings. The average Bonchev–Trinajstić information content (AvgIpc) is 3.40. The fourth-order valence-electron chi connectivity index (χ4n) is 4.80. The van der Waals surface area contributed by atoms with Crippen molar-refractivity contribution in [2.24, 2.45) is 0 Å². The van der Waals surface area contributed by atoms with Crippen LogP contribution in [0.25, 0.3) is 0 Å². The monoisotopic (exact) mass is 430 g/mol. The van der Waals surface area contributed by atoms with Crippen LogP contribution in [0.2, 0.25) is 0 Å². The number of urea groups is 1. The molecule has 30 heavy (non-hydrogen) atoms. The number of benzene rings is 2. The predicted octanol–water partition coefficient (Wildman–Crippen LogP) is 1.53. The minimum Gasteiger partial charge on any atom is -0.423 e. The van der Waals surface area contributed by atoms with Crippen LogP contribution in [0.1, 0.15) is 40.7 Å². The maximum absolute atomic E-state index is 13.9. The third kappa shape index (κ3) is 3.19. The molecule has 1 aliphatic heterocycles. The van der Waals surface area contributed by atoms with Gasteiger partial charge in [-0.05, 0) is 78.5 Å². The summed E-state index contributed by atoms with van der Waals surface area (Å²) in [5.41, 5.74) is 5.45. The van der Waals surface area contributed by atoms with Gasteiger partial charge in [0.2, 0.25) is 0 Å². The fraction of sp³-hybridized carbons (Fsp3) is 0.350. The number of amides is 2. The zero-order valence-corrected chi connectivity index (χ0v) is 16.9. The number of aryl methyl sites for hydroxylation is 2. The van der Waals surface area contributed by atoms with Gasteiger partial charge in [-0.3, -0.25) is 0 Å². The number of fused-ring (bicyclic) bond motifs is 3. The molecule has 10 heteroatoms. The Kier molecular flexibility index (Phi) is 4.61. The van der Waals surface area contributed by atoms with Gasteiger partial charge in [0.25, 0.3) is 10.0 Å². The van der Waals surface area contributed by atoms with E-state index in [0.29, 0.717) is 5.69 Å². The van der Waals surface area contributed by atoms with Crippen molar-refractivity contribution in [3.8, 4) is 0 Å². The zero-order valence-electron chi connectivity index (χ0n) is 16.1. The summed E-state index contributed by atoms with van der Waals surface area (Å²) in [7, 11) is -5.92. The maximum atomic E-state index is 13.9. The maximum Gasteiger partial charge on any atom is 0.493 e. The molecule has 0 spiro atoms. The first kappa shape index (κ1) is 19.5. The molecule has 2 aromatic rings. The quantitative estimate of drug-likeness (QED) is 0.641. The summed E-state index contributed by atoms with van der Waals surface area (Å²) in [5.74, 6) is -0.786. The number of halogens is 1. The first-order valence-electron chi connectivity index (χ1n) is 9.96. The normalized spacial score (nSPS) is 16.9. The van der Waals surface area contributed by atoms with Crippen molar-refractivity contribution >= 4 is 34.3 Å². The highest BCUT2D eigenvalue weighted by molar-refractivity contribution is 7.90. The lowest BCUT2D eigenvalue weighted by atomic mass is 9.79. The SMILES string of the molecule is O=C(Nc1c2c(cc3c1CCC3)CCC2)NS(=O)(=O)c1cc(F)cc2c1B(O)OC2. The number of carbonyl (C=O) groups is 1. The van der Waals surface area contributed by atoms with E-state index in [9.17, 15) is 22.6 Å². The lowest BCUT2D eigenvalue weighted by Gasteiger charge is -2.17. The van der Waals surface area contributed by atoms with Crippen molar-refractivity contribution in [2.45, 2.75) is 50.0 Å². The molecule has 156 valence electrons. The van der Waals surface area contributed by atoms with Gasteiger partial charge >= 0.3 is 13.1 Å². The molecule has 0 bridgehead atoms. The Morgan fingerprint density at radius 1 is 1.03 bits per heavy atom. The third-order valence-electron chi connectivity index (χ3n) is 6.06. The van der Waals surface area contributed by atoms with Crippen LogP contribution < -0.4 is 15.5 Å². The highest BCUT2D eigenvalue weighted by atomic mass is 32.2. The van der Waals surface area contributed by atoms with Crippen LogP contribution in [0.4, 0.5) is 14.9 Å². The Hall–Kier alpha value is -2.43. The first-order valence-corrected chi connectivity index (χ1v) is 11.4. The summed E-state index contributed by atoms with van der Waals surface area (Å²) in [6.45, 7) is -0.106. The largest absolute Gasteiger partial charge is 0.493 e. The number of carbonyl (C=O) groups excluding carboxylic acids is 1. The van der Waals surface area contributed by atoms with E-state index in [1.807, 2.05) is 4.72 Å². The van der Waals surface area contributed by atoms with Crippen molar-refractivity contribution in [3.63, 3.8) is 0 Å². The Morgan fingerprint density at radius 2 is 1.70 bits per heavy atom. The molecule has 0 saturated carbocycles. The number of nitrogens with one attached hydrogen (secondary N) is 2. The highest BCUT2D eigenvalue weighted by Crippen LogP contribution is 2.38. The van der Waals surface area contributed by atoms with E-state index in [0.717, 1.165) is 61.8 Å². The van der Waals surface area contributed by atoms with Crippen LogP contribution in [0.5, 0.6) is 0 Å². The van der Waals surface area contributed by atoms with Gasteiger partial charge in [0.05, 0.1) is 11.5 Å². The second-order valence-corrected chi connectivity index (χ2v) is 9.58. The van der Waals surface area contributed by atoms with Crippen molar-refractivity contribution in [1.29, 1.82) is 0 Å². The Bertz CT molecular complexity index is 1150. The molecule has 2 amide bonds. The van der Waals surface area contributed by atoms with E-state index in [-0.39, 0.29) is 17.6 Å². The zero-order chi connectivity index (χ0) is 21.0. The second-order valence-electron chi connectivity index (χ2n) is 7.93. The van der Waals surface area contributed by atoms with Gasteiger partial charge in [-0.2, -0.15) is 0 Å². The van der Waals surface area contributed by atoms with E-state index >= 15 is 0 Å². The predicted molar refractivity (Wildman–Crippen MR) is 109 cm³/mol. The molecule has 2 aliphatic carbocycles. The van der Waals surface area contributed by atoms with Gasteiger partial charge in [0.15, 0.2) is 0 Å². The van der Waals surface area contributed by atoms with Gasteiger partial charge < -0.3 is 15.0 Å². The molecule has 0 saturated heterocycles. The molecule has 3 aliphatic rings. The number of hydrogen-bond acceptors (Lipinski definition) is 5. The van der Waals surface area contributed by atoms with Crippen molar-refractivity contribution in [1.82, 2.24) is 4.72 Å². The van der Waals surface area contributed by atoms with Crippen LogP contribution in [0.3, 0.4) is 0 Å². The van der Waals surface area contributed by atoms with E-state index in [2.05, 4.69) is 11.4 Å². The summed E-state index contributed by atoms with van der Waals surface area (Å²) in [6, 6.07) is 3.20. The second kappa shape index (κ2) is 7.07. The lowest BCUT2D eigenvalue weighted by molar-refractivity contribution is 0.256. The van der Waals surface area contributed by atoms with Gasteiger partial charge in [0.1, 0.15) is 5.82 Å². The van der Waals surface area contributed by atoms with Crippen LogP contribution >= 0.6 is 0 Å². The summed E-state index contributed by atoms with van der Waals surface area (Å²) in [5, 5.41) is 12.7. The van der Waals surface area contributed by atoms with Crippen molar-refractivity contribution in [2.75, 3.05) is 5.32 Å². The van der Waals surface area contributed by atoms with E-state index < -0.39 is 33.9 Å². The molecule has 0 radical (unpaired) electrons. The molecule has 5 rings (SSSR count). The fourth-order valence-corrected chi connectivity index (χ4v) is 6.00. The van der Waals surface area contributed by atoms with Crippen LogP contribution in [0, 0.1) is 5.82 Å². The molecule has 0 unspecified atom stereocenters. The molecule has 2 aromatic carbocycles. The molecular formula is C20H20BFN2O5S. The summed E-state index contributed by atoms with van der Waals surface area (Å²) < 4.78 is 46.6.